The highest BCUT2D eigenvalue weighted by Gasteiger charge is 2.23. The number of nitrogens with one attached hydrogen (secondary N) is 2. The fourth-order valence-electron chi connectivity index (χ4n) is 3.76. The second kappa shape index (κ2) is 7.58. The lowest BCUT2D eigenvalue weighted by Gasteiger charge is -2.30. The van der Waals surface area contributed by atoms with E-state index in [2.05, 4.69) is 17.2 Å². The molecule has 2 amide bonds. The van der Waals surface area contributed by atoms with Gasteiger partial charge in [0.15, 0.2) is 0 Å². The average Bonchev–Trinajstić information content (AvgIpc) is 3.15. The highest BCUT2D eigenvalue weighted by atomic mass is 16.2. The molecule has 4 rings (SSSR count). The Balaban J connectivity index is 1.61. The zero-order valence-electron chi connectivity index (χ0n) is 16.6. The summed E-state index contributed by atoms with van der Waals surface area (Å²) in [5.74, 6) is 0.108. The Labute approximate surface area is 168 Å². The minimum absolute atomic E-state index is 0.0963. The molecule has 0 bridgehead atoms. The number of para-hydroxylation sites is 1. The lowest BCUT2D eigenvalue weighted by atomic mass is 9.99. The number of fused-ring (bicyclic) bond motifs is 1. The van der Waals surface area contributed by atoms with Crippen LogP contribution in [-0.2, 0) is 7.05 Å². The predicted molar refractivity (Wildman–Crippen MR) is 112 cm³/mol. The number of H-pyrrole nitrogens is 1. The molecule has 0 saturated carbocycles. The van der Waals surface area contributed by atoms with Gasteiger partial charge in [-0.3, -0.25) is 14.4 Å². The van der Waals surface area contributed by atoms with Crippen molar-refractivity contribution >= 4 is 28.4 Å². The number of aromatic nitrogens is 2. The number of piperidine rings is 1. The first kappa shape index (κ1) is 19.0. The highest BCUT2D eigenvalue weighted by molar-refractivity contribution is 6.13. The highest BCUT2D eigenvalue weighted by Crippen LogP contribution is 2.20. The first-order chi connectivity index (χ1) is 13.9. The SMILES string of the molecule is CC1CCN(C(=O)c2cc(NC(=O)c3c[nH]c4ccccc34)c(=O)n(C)c2)CC1. The van der Waals surface area contributed by atoms with Crippen LogP contribution in [0.5, 0.6) is 0 Å². The molecule has 3 aromatic rings. The summed E-state index contributed by atoms with van der Waals surface area (Å²) in [5, 5.41) is 3.46. The van der Waals surface area contributed by atoms with Crippen LogP contribution in [0.2, 0.25) is 0 Å². The fraction of sp³-hybridized carbons (Fsp3) is 0.318. The van der Waals surface area contributed by atoms with Crippen LogP contribution in [0.25, 0.3) is 10.9 Å². The van der Waals surface area contributed by atoms with E-state index in [1.165, 1.54) is 16.8 Å². The summed E-state index contributed by atoms with van der Waals surface area (Å²) in [6.07, 6.45) is 5.10. The number of pyridine rings is 1. The maximum absolute atomic E-state index is 12.9. The van der Waals surface area contributed by atoms with Gasteiger partial charge in [0, 0.05) is 43.4 Å². The van der Waals surface area contributed by atoms with Crippen LogP contribution in [0.4, 0.5) is 5.69 Å². The molecule has 2 N–H and O–H groups in total. The van der Waals surface area contributed by atoms with E-state index in [0.717, 1.165) is 23.7 Å². The molecular formula is C22H24N4O3. The number of hydrogen-bond donors (Lipinski definition) is 2. The third kappa shape index (κ3) is 3.68. The maximum Gasteiger partial charge on any atom is 0.274 e. The number of rotatable bonds is 3. The zero-order valence-corrected chi connectivity index (χ0v) is 16.6. The number of benzene rings is 1. The number of carbonyl (C=O) groups excluding carboxylic acids is 2. The van der Waals surface area contributed by atoms with Gasteiger partial charge < -0.3 is 19.8 Å². The second-order valence-corrected chi connectivity index (χ2v) is 7.74. The Morgan fingerprint density at radius 1 is 1.17 bits per heavy atom. The van der Waals surface area contributed by atoms with Crippen molar-refractivity contribution in [2.75, 3.05) is 18.4 Å². The van der Waals surface area contributed by atoms with Gasteiger partial charge in [0.25, 0.3) is 17.4 Å². The molecule has 7 nitrogen and oxygen atoms in total. The van der Waals surface area contributed by atoms with Crippen molar-refractivity contribution < 1.29 is 9.59 Å². The van der Waals surface area contributed by atoms with Crippen LogP contribution in [0.15, 0.2) is 47.5 Å². The number of amides is 2. The molecule has 1 fully saturated rings. The van der Waals surface area contributed by atoms with Gasteiger partial charge in [-0.2, -0.15) is 0 Å². The second-order valence-electron chi connectivity index (χ2n) is 7.74. The number of aromatic amines is 1. The van der Waals surface area contributed by atoms with Gasteiger partial charge in [0.1, 0.15) is 5.69 Å². The summed E-state index contributed by atoms with van der Waals surface area (Å²) in [4.78, 5) is 43.1. The monoisotopic (exact) mass is 392 g/mol. The first-order valence-corrected chi connectivity index (χ1v) is 9.81. The standard InChI is InChI=1S/C22H24N4O3/c1-14-7-9-26(10-8-14)21(28)15-11-19(22(29)25(2)13-15)24-20(27)17-12-23-18-6-4-3-5-16(17)18/h3-6,11-14,23H,7-10H2,1-2H3,(H,24,27). The number of anilines is 1. The molecule has 2 aromatic heterocycles. The molecule has 0 radical (unpaired) electrons. The Bertz CT molecular complexity index is 1140. The number of aryl methyl sites for hydroxylation is 1. The van der Waals surface area contributed by atoms with Gasteiger partial charge in [-0.15, -0.1) is 0 Å². The lowest BCUT2D eigenvalue weighted by molar-refractivity contribution is 0.0696. The molecule has 150 valence electrons. The Kier molecular flexibility index (Phi) is 4.96. The summed E-state index contributed by atoms with van der Waals surface area (Å²) < 4.78 is 1.34. The summed E-state index contributed by atoms with van der Waals surface area (Å²) in [6, 6.07) is 8.94. The summed E-state index contributed by atoms with van der Waals surface area (Å²) >= 11 is 0. The van der Waals surface area contributed by atoms with Gasteiger partial charge in [0.2, 0.25) is 0 Å². The molecule has 0 atom stereocenters. The van der Waals surface area contributed by atoms with E-state index in [1.54, 1.807) is 13.2 Å². The van der Waals surface area contributed by atoms with Crippen LogP contribution >= 0.6 is 0 Å². The molecule has 3 heterocycles. The van der Waals surface area contributed by atoms with Gasteiger partial charge >= 0.3 is 0 Å². The van der Waals surface area contributed by atoms with Crippen LogP contribution in [0.3, 0.4) is 0 Å². The van der Waals surface area contributed by atoms with E-state index in [9.17, 15) is 14.4 Å². The Morgan fingerprint density at radius 2 is 1.90 bits per heavy atom. The predicted octanol–water partition coefficient (Wildman–Crippen LogP) is 2.99. The van der Waals surface area contributed by atoms with E-state index < -0.39 is 5.91 Å². The topological polar surface area (TPSA) is 87.2 Å². The van der Waals surface area contributed by atoms with E-state index >= 15 is 0 Å². The smallest absolute Gasteiger partial charge is 0.274 e. The van der Waals surface area contributed by atoms with Crippen LogP contribution in [0.1, 0.15) is 40.5 Å². The van der Waals surface area contributed by atoms with Gasteiger partial charge in [-0.1, -0.05) is 25.1 Å². The van der Waals surface area contributed by atoms with Gasteiger partial charge in [-0.05, 0) is 30.9 Å². The molecule has 0 spiro atoms. The van der Waals surface area contributed by atoms with E-state index in [1.807, 2.05) is 29.2 Å². The molecule has 1 aliphatic rings. The molecule has 29 heavy (non-hydrogen) atoms. The summed E-state index contributed by atoms with van der Waals surface area (Å²) in [6.45, 7) is 3.60. The van der Waals surface area contributed by atoms with E-state index in [4.69, 9.17) is 0 Å². The largest absolute Gasteiger partial charge is 0.360 e. The molecule has 1 aromatic carbocycles. The van der Waals surface area contributed by atoms with Gasteiger partial charge in [0.05, 0.1) is 11.1 Å². The molecule has 1 aliphatic heterocycles. The minimum atomic E-state index is -0.393. The van der Waals surface area contributed by atoms with Crippen LogP contribution < -0.4 is 10.9 Å². The Hall–Kier alpha value is -3.35. The average molecular weight is 392 g/mol. The summed E-state index contributed by atoms with van der Waals surface area (Å²) in [7, 11) is 1.58. The van der Waals surface area contributed by atoms with Crippen molar-refractivity contribution in [3.05, 3.63) is 64.2 Å². The summed E-state index contributed by atoms with van der Waals surface area (Å²) in [5.41, 5.74) is 1.43. The van der Waals surface area contributed by atoms with Crippen molar-refractivity contribution in [3.8, 4) is 0 Å². The van der Waals surface area contributed by atoms with E-state index in [0.29, 0.717) is 30.1 Å². The third-order valence-corrected chi connectivity index (χ3v) is 5.58. The molecule has 1 saturated heterocycles. The number of nitrogens with zero attached hydrogens (tertiary/aromatic N) is 2. The lowest BCUT2D eigenvalue weighted by Crippen LogP contribution is -2.38. The van der Waals surface area contributed by atoms with Gasteiger partial charge in [-0.25, -0.2) is 0 Å². The molecular weight excluding hydrogens is 368 g/mol. The molecule has 7 heteroatoms. The number of carbonyl (C=O) groups is 2. The zero-order chi connectivity index (χ0) is 20.5. The maximum atomic E-state index is 12.9. The van der Waals surface area contributed by atoms with E-state index in [-0.39, 0.29) is 17.2 Å². The quantitative estimate of drug-likeness (QED) is 0.718. The third-order valence-electron chi connectivity index (χ3n) is 5.58. The van der Waals surface area contributed by atoms with Crippen molar-refractivity contribution in [1.29, 1.82) is 0 Å². The van der Waals surface area contributed by atoms with Crippen molar-refractivity contribution in [1.82, 2.24) is 14.5 Å². The van der Waals surface area contributed by atoms with Crippen LogP contribution in [-0.4, -0.2) is 39.4 Å². The van der Waals surface area contributed by atoms with Crippen molar-refractivity contribution in [2.45, 2.75) is 19.8 Å². The number of hydrogen-bond acceptors (Lipinski definition) is 3. The number of likely N-dealkylation sites (tertiary alicyclic amines) is 1. The van der Waals surface area contributed by atoms with Crippen molar-refractivity contribution in [3.63, 3.8) is 0 Å². The molecule has 0 aliphatic carbocycles. The fourth-order valence-corrected chi connectivity index (χ4v) is 3.76. The van der Waals surface area contributed by atoms with Crippen molar-refractivity contribution in [2.24, 2.45) is 13.0 Å². The minimum Gasteiger partial charge on any atom is -0.360 e. The molecule has 0 unspecified atom stereocenters. The van der Waals surface area contributed by atoms with Crippen LogP contribution in [0, 0.1) is 5.92 Å². The Morgan fingerprint density at radius 3 is 2.66 bits per heavy atom. The first-order valence-electron chi connectivity index (χ1n) is 9.81. The normalized spacial score (nSPS) is 14.9.